The van der Waals surface area contributed by atoms with E-state index in [-0.39, 0.29) is 5.41 Å². The number of ether oxygens (including phenoxy) is 3. The lowest BCUT2D eigenvalue weighted by molar-refractivity contribution is 0.165. The Labute approximate surface area is 99.7 Å². The molecule has 1 aliphatic carbocycles. The van der Waals surface area contributed by atoms with Crippen molar-refractivity contribution < 1.29 is 14.2 Å². The van der Waals surface area contributed by atoms with Crippen molar-refractivity contribution in [2.45, 2.75) is 18.3 Å². The molecule has 88 valence electrons. The first-order valence-corrected chi connectivity index (χ1v) is 5.68. The highest BCUT2D eigenvalue weighted by molar-refractivity contribution is 5.58. The van der Waals surface area contributed by atoms with Crippen molar-refractivity contribution in [2.24, 2.45) is 0 Å². The number of benzene rings is 1. The van der Waals surface area contributed by atoms with Crippen LogP contribution in [0.25, 0.3) is 0 Å². The Hall–Kier alpha value is -1.89. The number of rotatable bonds is 2. The van der Waals surface area contributed by atoms with Crippen LogP contribution in [0.15, 0.2) is 12.1 Å². The number of hydrogen-bond acceptors (Lipinski definition) is 4. The quantitative estimate of drug-likeness (QED) is 0.781. The molecule has 0 bridgehead atoms. The molecule has 1 saturated carbocycles. The Balaban J connectivity index is 2.10. The second-order valence-electron chi connectivity index (χ2n) is 4.40. The molecule has 0 N–H and O–H groups in total. The van der Waals surface area contributed by atoms with E-state index in [2.05, 4.69) is 6.07 Å². The lowest BCUT2D eigenvalue weighted by Gasteiger charge is -2.22. The summed E-state index contributed by atoms with van der Waals surface area (Å²) in [4.78, 5) is 0. The van der Waals surface area contributed by atoms with E-state index in [1.54, 1.807) is 7.11 Å². The lowest BCUT2D eigenvalue weighted by Crippen LogP contribution is -2.17. The minimum Gasteiger partial charge on any atom is -0.493 e. The second kappa shape index (κ2) is 3.56. The molecule has 0 radical (unpaired) electrons. The molecular weight excluding hydrogens is 218 g/mol. The molecule has 1 fully saturated rings. The van der Waals surface area contributed by atoms with Crippen LogP contribution in [-0.2, 0) is 5.41 Å². The molecule has 4 heteroatoms. The van der Waals surface area contributed by atoms with Crippen LogP contribution in [0.5, 0.6) is 17.2 Å². The van der Waals surface area contributed by atoms with Gasteiger partial charge in [-0.2, -0.15) is 5.26 Å². The lowest BCUT2D eigenvalue weighted by atomic mass is 9.97. The van der Waals surface area contributed by atoms with E-state index in [0.29, 0.717) is 30.5 Å². The molecule has 0 amide bonds. The van der Waals surface area contributed by atoms with Crippen LogP contribution in [0.1, 0.15) is 18.4 Å². The Morgan fingerprint density at radius 3 is 2.71 bits per heavy atom. The molecule has 0 unspecified atom stereocenters. The van der Waals surface area contributed by atoms with Crippen molar-refractivity contribution in [1.29, 1.82) is 5.26 Å². The summed E-state index contributed by atoms with van der Waals surface area (Å²) >= 11 is 0. The fraction of sp³-hybridized carbons (Fsp3) is 0.462. The van der Waals surface area contributed by atoms with Crippen molar-refractivity contribution in [3.05, 3.63) is 17.7 Å². The van der Waals surface area contributed by atoms with Crippen LogP contribution in [0.4, 0.5) is 0 Å². The summed E-state index contributed by atoms with van der Waals surface area (Å²) in [5, 5.41) is 9.21. The number of nitriles is 1. The zero-order valence-corrected chi connectivity index (χ0v) is 9.66. The third kappa shape index (κ3) is 1.50. The zero-order valence-electron chi connectivity index (χ0n) is 9.66. The molecule has 1 aliphatic heterocycles. The Bertz CT molecular complexity index is 483. The molecule has 17 heavy (non-hydrogen) atoms. The van der Waals surface area contributed by atoms with Crippen molar-refractivity contribution in [3.8, 4) is 23.3 Å². The predicted molar refractivity (Wildman–Crippen MR) is 60.5 cm³/mol. The van der Waals surface area contributed by atoms with E-state index in [1.807, 2.05) is 12.1 Å². The summed E-state index contributed by atoms with van der Waals surface area (Å²) in [6, 6.07) is 6.18. The highest BCUT2D eigenvalue weighted by Gasteiger charge is 2.46. The van der Waals surface area contributed by atoms with Gasteiger partial charge < -0.3 is 14.2 Å². The molecule has 0 saturated heterocycles. The van der Waals surface area contributed by atoms with E-state index in [4.69, 9.17) is 14.2 Å². The Kier molecular flexibility index (Phi) is 2.15. The molecular formula is C13H13NO3. The van der Waals surface area contributed by atoms with E-state index in [0.717, 1.165) is 18.4 Å². The van der Waals surface area contributed by atoms with Gasteiger partial charge in [0.25, 0.3) is 0 Å². The number of fused-ring (bicyclic) bond motifs is 1. The molecule has 3 rings (SSSR count). The monoisotopic (exact) mass is 231 g/mol. The average molecular weight is 231 g/mol. The topological polar surface area (TPSA) is 51.5 Å². The molecule has 4 nitrogen and oxygen atoms in total. The molecule has 1 aromatic carbocycles. The maximum absolute atomic E-state index is 9.21. The number of hydrogen-bond donors (Lipinski definition) is 0. The summed E-state index contributed by atoms with van der Waals surface area (Å²) in [6.07, 6.45) is 1.82. The number of methoxy groups -OCH3 is 1. The third-order valence-electron chi connectivity index (χ3n) is 3.34. The van der Waals surface area contributed by atoms with Crippen molar-refractivity contribution in [2.75, 3.05) is 20.3 Å². The van der Waals surface area contributed by atoms with E-state index >= 15 is 0 Å². The van der Waals surface area contributed by atoms with Gasteiger partial charge >= 0.3 is 0 Å². The minimum absolute atomic E-state index is 0.330. The molecule has 0 spiro atoms. The van der Waals surface area contributed by atoms with Gasteiger partial charge in [-0.1, -0.05) is 0 Å². The SMILES string of the molecule is COc1cc(C2(C#N)CC2)cc2c1OCCO2. The first kappa shape index (κ1) is 10.3. The largest absolute Gasteiger partial charge is 0.493 e. The van der Waals surface area contributed by atoms with E-state index < -0.39 is 0 Å². The van der Waals surface area contributed by atoms with Gasteiger partial charge in [0.1, 0.15) is 13.2 Å². The normalized spacial score (nSPS) is 19.3. The van der Waals surface area contributed by atoms with Crippen LogP contribution in [-0.4, -0.2) is 20.3 Å². The Morgan fingerprint density at radius 1 is 1.29 bits per heavy atom. The van der Waals surface area contributed by atoms with E-state index in [1.165, 1.54) is 0 Å². The smallest absolute Gasteiger partial charge is 0.203 e. The molecule has 2 aliphatic rings. The van der Waals surface area contributed by atoms with Crippen molar-refractivity contribution >= 4 is 0 Å². The highest BCUT2D eigenvalue weighted by Crippen LogP contribution is 2.52. The summed E-state index contributed by atoms with van der Waals surface area (Å²) in [7, 11) is 1.60. The fourth-order valence-corrected chi connectivity index (χ4v) is 2.14. The fourth-order valence-electron chi connectivity index (χ4n) is 2.14. The van der Waals surface area contributed by atoms with Gasteiger partial charge in [0.2, 0.25) is 5.75 Å². The van der Waals surface area contributed by atoms with Gasteiger partial charge in [-0.15, -0.1) is 0 Å². The van der Waals surface area contributed by atoms with Gasteiger partial charge in [-0.3, -0.25) is 0 Å². The van der Waals surface area contributed by atoms with Crippen LogP contribution in [0, 0.1) is 11.3 Å². The summed E-state index contributed by atoms with van der Waals surface area (Å²) in [6.45, 7) is 1.07. The van der Waals surface area contributed by atoms with Gasteiger partial charge in [-0.05, 0) is 30.5 Å². The van der Waals surface area contributed by atoms with Gasteiger partial charge in [0.05, 0.1) is 18.6 Å². The van der Waals surface area contributed by atoms with Crippen LogP contribution in [0.2, 0.25) is 0 Å². The third-order valence-corrected chi connectivity index (χ3v) is 3.34. The first-order valence-electron chi connectivity index (χ1n) is 5.68. The zero-order chi connectivity index (χ0) is 11.9. The van der Waals surface area contributed by atoms with Crippen LogP contribution in [0.3, 0.4) is 0 Å². The van der Waals surface area contributed by atoms with Crippen molar-refractivity contribution in [3.63, 3.8) is 0 Å². The highest BCUT2D eigenvalue weighted by atomic mass is 16.6. The second-order valence-corrected chi connectivity index (χ2v) is 4.40. The Morgan fingerprint density at radius 2 is 2.06 bits per heavy atom. The average Bonchev–Trinajstić information content (AvgIpc) is 3.18. The van der Waals surface area contributed by atoms with Gasteiger partial charge in [-0.25, -0.2) is 0 Å². The molecule has 1 aromatic rings. The van der Waals surface area contributed by atoms with Gasteiger partial charge in [0.15, 0.2) is 11.5 Å². The molecule has 0 aromatic heterocycles. The first-order chi connectivity index (χ1) is 8.29. The maximum Gasteiger partial charge on any atom is 0.203 e. The number of nitrogens with zero attached hydrogens (tertiary/aromatic N) is 1. The molecule has 1 heterocycles. The summed E-state index contributed by atoms with van der Waals surface area (Å²) < 4.78 is 16.4. The van der Waals surface area contributed by atoms with Crippen molar-refractivity contribution in [1.82, 2.24) is 0 Å². The van der Waals surface area contributed by atoms with Crippen LogP contribution < -0.4 is 14.2 Å². The summed E-state index contributed by atoms with van der Waals surface area (Å²) in [5.41, 5.74) is 0.643. The molecule has 0 atom stereocenters. The standard InChI is InChI=1S/C13H13NO3/c1-15-10-6-9(13(8-14)2-3-13)7-11-12(10)17-5-4-16-11/h6-7H,2-5H2,1H3. The minimum atomic E-state index is -0.330. The predicted octanol–water partition coefficient (Wildman–Crippen LogP) is 2.02. The van der Waals surface area contributed by atoms with Crippen LogP contribution >= 0.6 is 0 Å². The maximum atomic E-state index is 9.21. The van der Waals surface area contributed by atoms with Gasteiger partial charge in [0, 0.05) is 0 Å². The van der Waals surface area contributed by atoms with E-state index in [9.17, 15) is 5.26 Å². The summed E-state index contributed by atoms with van der Waals surface area (Å²) in [5.74, 6) is 1.99.